The molecule has 0 aliphatic heterocycles. The number of nitrogens with one attached hydrogen (secondary N) is 1. The van der Waals surface area contributed by atoms with Crippen LogP contribution in [0.4, 0.5) is 17.5 Å². The van der Waals surface area contributed by atoms with Gasteiger partial charge in [0.05, 0.1) is 11.9 Å². The van der Waals surface area contributed by atoms with E-state index in [2.05, 4.69) is 15.3 Å². The molecule has 1 rings (SSSR count). The smallest absolute Gasteiger partial charge is 0.226 e. The molecule has 0 fully saturated rings. The summed E-state index contributed by atoms with van der Waals surface area (Å²) < 4.78 is 0. The van der Waals surface area contributed by atoms with Gasteiger partial charge in [0.15, 0.2) is 5.82 Å². The van der Waals surface area contributed by atoms with Crippen molar-refractivity contribution in [1.82, 2.24) is 9.97 Å². The second-order valence-corrected chi connectivity index (χ2v) is 2.62. The molecule has 1 aromatic heterocycles. The molecule has 0 bridgehead atoms. The van der Waals surface area contributed by atoms with Gasteiger partial charge >= 0.3 is 0 Å². The van der Waals surface area contributed by atoms with Crippen molar-refractivity contribution in [2.24, 2.45) is 0 Å². The molecule has 0 amide bonds. The summed E-state index contributed by atoms with van der Waals surface area (Å²) in [4.78, 5) is 10.0. The number of hydrogen-bond donors (Lipinski definition) is 2. The van der Waals surface area contributed by atoms with Crippen LogP contribution in [0, 0.1) is 0 Å². The van der Waals surface area contributed by atoms with Crippen LogP contribution in [0.3, 0.4) is 0 Å². The Kier molecular flexibility index (Phi) is 2.32. The predicted molar refractivity (Wildman–Crippen MR) is 50.3 cm³/mol. The molecule has 0 radical (unpaired) electrons. The Labute approximate surface area is 71.6 Å². The second kappa shape index (κ2) is 3.25. The van der Waals surface area contributed by atoms with Crippen molar-refractivity contribution in [1.29, 1.82) is 0 Å². The fraction of sp³-hybridized carbons (Fsp3) is 0.429. The first-order valence-electron chi connectivity index (χ1n) is 3.62. The average molecular weight is 167 g/mol. The molecule has 1 heterocycles. The molecule has 0 aliphatic rings. The molecule has 0 aromatic carbocycles. The van der Waals surface area contributed by atoms with Crippen LogP contribution in [0.25, 0.3) is 0 Å². The van der Waals surface area contributed by atoms with E-state index in [-0.39, 0.29) is 0 Å². The summed E-state index contributed by atoms with van der Waals surface area (Å²) in [5, 5.41) is 2.89. The van der Waals surface area contributed by atoms with Gasteiger partial charge in [-0.15, -0.1) is 0 Å². The molecule has 5 heteroatoms. The summed E-state index contributed by atoms with van der Waals surface area (Å²) in [7, 11) is 5.54. The van der Waals surface area contributed by atoms with Gasteiger partial charge in [-0.25, -0.2) is 4.98 Å². The van der Waals surface area contributed by atoms with Gasteiger partial charge in [-0.3, -0.25) is 0 Å². The van der Waals surface area contributed by atoms with Crippen LogP contribution in [0.1, 0.15) is 0 Å². The van der Waals surface area contributed by atoms with Crippen molar-refractivity contribution in [2.75, 3.05) is 37.1 Å². The molecule has 5 nitrogen and oxygen atoms in total. The van der Waals surface area contributed by atoms with Crippen molar-refractivity contribution < 1.29 is 0 Å². The molecular formula is C7H13N5. The predicted octanol–water partition coefficient (Wildman–Crippen LogP) is 0.166. The van der Waals surface area contributed by atoms with E-state index in [0.29, 0.717) is 17.5 Å². The van der Waals surface area contributed by atoms with Gasteiger partial charge in [0.2, 0.25) is 5.95 Å². The van der Waals surface area contributed by atoms with E-state index in [9.17, 15) is 0 Å². The highest BCUT2D eigenvalue weighted by Crippen LogP contribution is 2.15. The molecule has 0 unspecified atom stereocenters. The minimum atomic E-state index is 0.558. The summed E-state index contributed by atoms with van der Waals surface area (Å²) in [6.07, 6.45) is 1.59. The number of hydrogen-bond acceptors (Lipinski definition) is 5. The quantitative estimate of drug-likeness (QED) is 0.657. The molecular weight excluding hydrogens is 154 g/mol. The topological polar surface area (TPSA) is 67.1 Å². The fourth-order valence-electron chi connectivity index (χ4n) is 0.798. The van der Waals surface area contributed by atoms with Gasteiger partial charge in [0, 0.05) is 21.1 Å². The summed E-state index contributed by atoms with van der Waals surface area (Å²) in [6.45, 7) is 0. The van der Waals surface area contributed by atoms with Gasteiger partial charge < -0.3 is 16.0 Å². The summed E-state index contributed by atoms with van der Waals surface area (Å²) >= 11 is 0. The maximum atomic E-state index is 5.59. The highest BCUT2D eigenvalue weighted by atomic mass is 15.2. The number of aromatic nitrogens is 2. The standard InChI is InChI=1S/C7H13N5/c1-9-6-5(8)4-10-7(11-6)12(2)3/h4H,8H2,1-3H3,(H,9,10,11). The molecule has 0 aliphatic carbocycles. The summed E-state index contributed by atoms with van der Waals surface area (Å²) in [5.41, 5.74) is 6.15. The Bertz CT molecular complexity index is 270. The molecule has 0 saturated heterocycles. The van der Waals surface area contributed by atoms with E-state index in [1.54, 1.807) is 13.2 Å². The monoisotopic (exact) mass is 167 g/mol. The van der Waals surface area contributed by atoms with Crippen molar-refractivity contribution >= 4 is 17.5 Å². The molecule has 3 N–H and O–H groups in total. The Morgan fingerprint density at radius 1 is 1.50 bits per heavy atom. The molecule has 66 valence electrons. The molecule has 1 aromatic rings. The third kappa shape index (κ3) is 1.55. The van der Waals surface area contributed by atoms with Crippen molar-refractivity contribution in [3.8, 4) is 0 Å². The first-order valence-corrected chi connectivity index (χ1v) is 3.62. The lowest BCUT2D eigenvalue weighted by molar-refractivity contribution is 1.00. The van der Waals surface area contributed by atoms with E-state index >= 15 is 0 Å². The van der Waals surface area contributed by atoms with Crippen LogP contribution in [0.5, 0.6) is 0 Å². The highest BCUT2D eigenvalue weighted by Gasteiger charge is 2.02. The minimum Gasteiger partial charge on any atom is -0.394 e. The minimum absolute atomic E-state index is 0.558. The van der Waals surface area contributed by atoms with E-state index in [1.807, 2.05) is 19.0 Å². The zero-order valence-electron chi connectivity index (χ0n) is 7.50. The van der Waals surface area contributed by atoms with Gasteiger partial charge in [-0.2, -0.15) is 4.98 Å². The summed E-state index contributed by atoms with van der Waals surface area (Å²) in [6, 6.07) is 0. The molecule has 0 atom stereocenters. The lowest BCUT2D eigenvalue weighted by Gasteiger charge is -2.11. The highest BCUT2D eigenvalue weighted by molar-refractivity contribution is 5.61. The fourth-order valence-corrected chi connectivity index (χ4v) is 0.798. The van der Waals surface area contributed by atoms with Gasteiger partial charge in [-0.1, -0.05) is 0 Å². The van der Waals surface area contributed by atoms with Crippen molar-refractivity contribution in [2.45, 2.75) is 0 Å². The third-order valence-electron chi connectivity index (χ3n) is 1.44. The SMILES string of the molecule is CNc1nc(N(C)C)ncc1N. The van der Waals surface area contributed by atoms with Gasteiger partial charge in [0.1, 0.15) is 0 Å². The number of nitrogens with two attached hydrogens (primary N) is 1. The Balaban J connectivity index is 3.05. The first-order chi connectivity index (χ1) is 5.65. The Morgan fingerprint density at radius 2 is 2.17 bits per heavy atom. The maximum Gasteiger partial charge on any atom is 0.226 e. The Morgan fingerprint density at radius 3 is 2.67 bits per heavy atom. The Hall–Kier alpha value is -1.52. The van der Waals surface area contributed by atoms with E-state index in [0.717, 1.165) is 0 Å². The van der Waals surface area contributed by atoms with E-state index in [1.165, 1.54) is 0 Å². The zero-order valence-corrected chi connectivity index (χ0v) is 7.50. The van der Waals surface area contributed by atoms with Crippen LogP contribution in [0.15, 0.2) is 6.20 Å². The number of anilines is 3. The largest absolute Gasteiger partial charge is 0.394 e. The van der Waals surface area contributed by atoms with Gasteiger partial charge in [0.25, 0.3) is 0 Å². The van der Waals surface area contributed by atoms with Gasteiger partial charge in [-0.05, 0) is 0 Å². The third-order valence-corrected chi connectivity index (χ3v) is 1.44. The van der Waals surface area contributed by atoms with Crippen molar-refractivity contribution in [3.63, 3.8) is 0 Å². The van der Waals surface area contributed by atoms with E-state index in [4.69, 9.17) is 5.73 Å². The van der Waals surface area contributed by atoms with Crippen LogP contribution >= 0.6 is 0 Å². The molecule has 0 spiro atoms. The zero-order chi connectivity index (χ0) is 9.14. The maximum absolute atomic E-state index is 5.59. The average Bonchev–Trinajstić information content (AvgIpc) is 2.05. The normalized spacial score (nSPS) is 9.58. The molecule has 12 heavy (non-hydrogen) atoms. The molecule has 0 saturated carbocycles. The van der Waals surface area contributed by atoms with Crippen molar-refractivity contribution in [3.05, 3.63) is 6.20 Å². The lowest BCUT2D eigenvalue weighted by Crippen LogP contribution is -2.14. The van der Waals surface area contributed by atoms with E-state index < -0.39 is 0 Å². The second-order valence-electron chi connectivity index (χ2n) is 2.62. The van der Waals surface area contributed by atoms with Crippen LogP contribution in [-0.2, 0) is 0 Å². The summed E-state index contributed by atoms with van der Waals surface area (Å²) in [5.74, 6) is 1.31. The number of nitrogen functional groups attached to an aromatic ring is 1. The number of nitrogens with zero attached hydrogens (tertiary/aromatic N) is 3. The first kappa shape index (κ1) is 8.58. The van der Waals surface area contributed by atoms with Crippen LogP contribution in [-0.4, -0.2) is 31.1 Å². The number of rotatable bonds is 2. The van der Waals surface area contributed by atoms with Crippen LogP contribution < -0.4 is 16.0 Å². The lowest BCUT2D eigenvalue weighted by atomic mass is 10.5. The van der Waals surface area contributed by atoms with Crippen LogP contribution in [0.2, 0.25) is 0 Å².